The molecule has 0 atom stereocenters. The van der Waals surface area contributed by atoms with Gasteiger partial charge in [0.2, 0.25) is 5.82 Å². The van der Waals surface area contributed by atoms with Crippen molar-refractivity contribution in [2.45, 2.75) is 19.1 Å². The number of nitrogens with two attached hydrogens (primary N) is 1. The number of hydrogen-bond donors (Lipinski definition) is 2. The first-order valence-corrected chi connectivity index (χ1v) is 5.37. The second-order valence-electron chi connectivity index (χ2n) is 3.91. The van der Waals surface area contributed by atoms with Crippen molar-refractivity contribution in [3.63, 3.8) is 0 Å². The normalized spacial score (nSPS) is 12.2. The van der Waals surface area contributed by atoms with Gasteiger partial charge in [0.25, 0.3) is 0 Å². The lowest BCUT2D eigenvalue weighted by atomic mass is 10.3. The number of halogens is 3. The summed E-state index contributed by atoms with van der Waals surface area (Å²) >= 11 is 0. The number of fused-ring (bicyclic) bond motifs is 1. The maximum absolute atomic E-state index is 12.8. The van der Waals surface area contributed by atoms with Crippen LogP contribution >= 0.6 is 0 Å². The summed E-state index contributed by atoms with van der Waals surface area (Å²) in [5, 5.41) is 8.74. The number of anilines is 1. The highest BCUT2D eigenvalue weighted by Gasteiger charge is 2.37. The van der Waals surface area contributed by atoms with Crippen molar-refractivity contribution in [2.24, 2.45) is 0 Å². The van der Waals surface area contributed by atoms with Crippen molar-refractivity contribution >= 4 is 16.7 Å². The molecule has 1 heterocycles. The van der Waals surface area contributed by atoms with E-state index in [0.717, 1.165) is 4.57 Å². The molecule has 0 saturated carbocycles. The lowest BCUT2D eigenvalue weighted by Crippen LogP contribution is -2.15. The van der Waals surface area contributed by atoms with Crippen molar-refractivity contribution < 1.29 is 18.3 Å². The number of rotatable bonds is 3. The quantitative estimate of drug-likeness (QED) is 0.829. The van der Waals surface area contributed by atoms with Gasteiger partial charge in [-0.15, -0.1) is 0 Å². The van der Waals surface area contributed by atoms with Crippen molar-refractivity contribution in [3.8, 4) is 0 Å². The Morgan fingerprint density at radius 1 is 1.33 bits per heavy atom. The zero-order valence-electron chi connectivity index (χ0n) is 9.41. The van der Waals surface area contributed by atoms with Gasteiger partial charge in [0.05, 0.1) is 11.0 Å². The number of benzene rings is 1. The van der Waals surface area contributed by atoms with E-state index < -0.39 is 12.0 Å². The van der Waals surface area contributed by atoms with E-state index in [2.05, 4.69) is 4.98 Å². The van der Waals surface area contributed by atoms with Crippen LogP contribution in [-0.2, 0) is 12.7 Å². The minimum atomic E-state index is -4.52. The fourth-order valence-corrected chi connectivity index (χ4v) is 1.82. The summed E-state index contributed by atoms with van der Waals surface area (Å²) in [4.78, 5) is 3.57. The fraction of sp³-hybridized carbons (Fsp3) is 0.364. The van der Waals surface area contributed by atoms with Crippen LogP contribution in [0.3, 0.4) is 0 Å². The Morgan fingerprint density at radius 2 is 2.06 bits per heavy atom. The van der Waals surface area contributed by atoms with E-state index in [1.807, 2.05) is 0 Å². The van der Waals surface area contributed by atoms with Gasteiger partial charge in [-0.3, -0.25) is 0 Å². The van der Waals surface area contributed by atoms with Crippen molar-refractivity contribution in [1.82, 2.24) is 9.55 Å². The number of imidazole rings is 1. The molecule has 0 aliphatic heterocycles. The van der Waals surface area contributed by atoms with Crippen LogP contribution in [0.15, 0.2) is 18.2 Å². The Balaban J connectivity index is 2.60. The van der Waals surface area contributed by atoms with E-state index in [4.69, 9.17) is 10.8 Å². The van der Waals surface area contributed by atoms with Crippen LogP contribution in [0.4, 0.5) is 18.9 Å². The maximum atomic E-state index is 12.8. The minimum absolute atomic E-state index is 0.0613. The average Bonchev–Trinajstić information content (AvgIpc) is 2.63. The lowest BCUT2D eigenvalue weighted by molar-refractivity contribution is -0.147. The molecule has 0 fully saturated rings. The van der Waals surface area contributed by atoms with Crippen molar-refractivity contribution in [3.05, 3.63) is 24.0 Å². The maximum Gasteiger partial charge on any atom is 0.449 e. The van der Waals surface area contributed by atoms with Crippen LogP contribution in [0.5, 0.6) is 0 Å². The molecule has 0 unspecified atom stereocenters. The molecule has 0 spiro atoms. The van der Waals surface area contributed by atoms with Crippen molar-refractivity contribution in [1.29, 1.82) is 0 Å². The van der Waals surface area contributed by atoms with E-state index in [1.54, 1.807) is 0 Å². The Labute approximate surface area is 101 Å². The van der Waals surface area contributed by atoms with Crippen LogP contribution in [0.1, 0.15) is 12.2 Å². The summed E-state index contributed by atoms with van der Waals surface area (Å²) in [6.45, 7) is -0.113. The second-order valence-corrected chi connectivity index (χ2v) is 3.91. The highest BCUT2D eigenvalue weighted by molar-refractivity contribution is 5.79. The third-order valence-electron chi connectivity index (χ3n) is 2.57. The molecule has 2 rings (SSSR count). The Bertz CT molecular complexity index is 562. The van der Waals surface area contributed by atoms with E-state index in [0.29, 0.717) is 11.2 Å². The predicted molar refractivity (Wildman–Crippen MR) is 60.9 cm³/mol. The zero-order chi connectivity index (χ0) is 13.3. The minimum Gasteiger partial charge on any atom is -0.399 e. The van der Waals surface area contributed by atoms with Gasteiger partial charge >= 0.3 is 6.18 Å². The van der Waals surface area contributed by atoms with E-state index in [1.165, 1.54) is 18.2 Å². The number of aromatic nitrogens is 2. The van der Waals surface area contributed by atoms with E-state index in [9.17, 15) is 13.2 Å². The van der Waals surface area contributed by atoms with Gasteiger partial charge in [-0.2, -0.15) is 13.2 Å². The predicted octanol–water partition coefficient (Wildman–Crippen LogP) is 2.02. The van der Waals surface area contributed by atoms with Crippen LogP contribution in [0.2, 0.25) is 0 Å². The first kappa shape index (κ1) is 12.7. The highest BCUT2D eigenvalue weighted by Crippen LogP contribution is 2.32. The van der Waals surface area contributed by atoms with Crippen LogP contribution in [0, 0.1) is 0 Å². The van der Waals surface area contributed by atoms with Crippen LogP contribution in [0.25, 0.3) is 11.0 Å². The largest absolute Gasteiger partial charge is 0.449 e. The standard InChI is InChI=1S/C11H12F3N3O/c12-11(13,14)10-16-8-6-7(15)2-3-9(8)17(10)4-1-5-18/h2-3,6,18H,1,4-5,15H2. The smallest absolute Gasteiger partial charge is 0.399 e. The highest BCUT2D eigenvalue weighted by atomic mass is 19.4. The van der Waals surface area contributed by atoms with Gasteiger partial charge in [0.1, 0.15) is 0 Å². The molecule has 2 aromatic rings. The van der Waals surface area contributed by atoms with Gasteiger partial charge < -0.3 is 15.4 Å². The SMILES string of the molecule is Nc1ccc2c(c1)nc(C(F)(F)F)n2CCCO. The zero-order valence-corrected chi connectivity index (χ0v) is 9.41. The Kier molecular flexibility index (Phi) is 3.16. The number of nitrogens with zero attached hydrogens (tertiary/aromatic N) is 2. The number of alkyl halides is 3. The summed E-state index contributed by atoms with van der Waals surface area (Å²) in [7, 11) is 0. The summed E-state index contributed by atoms with van der Waals surface area (Å²) < 4.78 is 39.6. The van der Waals surface area contributed by atoms with Gasteiger partial charge in [-0.25, -0.2) is 4.98 Å². The molecule has 1 aromatic heterocycles. The van der Waals surface area contributed by atoms with E-state index in [-0.39, 0.29) is 25.1 Å². The average molecular weight is 259 g/mol. The fourth-order valence-electron chi connectivity index (χ4n) is 1.82. The van der Waals surface area contributed by atoms with Gasteiger partial charge in [0, 0.05) is 18.8 Å². The van der Waals surface area contributed by atoms with Gasteiger partial charge in [-0.1, -0.05) is 0 Å². The molecule has 7 heteroatoms. The van der Waals surface area contributed by atoms with Crippen LogP contribution in [-0.4, -0.2) is 21.3 Å². The van der Waals surface area contributed by atoms with E-state index >= 15 is 0 Å². The molecule has 0 aliphatic rings. The summed E-state index contributed by atoms with van der Waals surface area (Å²) in [6.07, 6.45) is -4.29. The number of nitrogen functional groups attached to an aromatic ring is 1. The molecule has 0 amide bonds. The molecule has 98 valence electrons. The van der Waals surface area contributed by atoms with Gasteiger partial charge in [0.15, 0.2) is 0 Å². The molecule has 4 nitrogen and oxygen atoms in total. The first-order chi connectivity index (χ1) is 8.43. The molecular weight excluding hydrogens is 247 g/mol. The van der Waals surface area contributed by atoms with Gasteiger partial charge in [-0.05, 0) is 24.6 Å². The molecule has 18 heavy (non-hydrogen) atoms. The topological polar surface area (TPSA) is 64.1 Å². The molecule has 1 aromatic carbocycles. The third kappa shape index (κ3) is 2.26. The number of aliphatic hydroxyl groups is 1. The number of aryl methyl sites for hydroxylation is 1. The van der Waals surface area contributed by atoms with Crippen molar-refractivity contribution in [2.75, 3.05) is 12.3 Å². The third-order valence-corrected chi connectivity index (χ3v) is 2.57. The summed E-state index contributed by atoms with van der Waals surface area (Å²) in [5.41, 5.74) is 6.46. The molecule has 0 radical (unpaired) electrons. The first-order valence-electron chi connectivity index (χ1n) is 5.37. The Morgan fingerprint density at radius 3 is 2.67 bits per heavy atom. The van der Waals surface area contributed by atoms with Crippen LogP contribution < -0.4 is 5.73 Å². The molecule has 0 aliphatic carbocycles. The molecule has 0 saturated heterocycles. The summed E-state index contributed by atoms with van der Waals surface area (Å²) in [5.74, 6) is -0.962. The second kappa shape index (κ2) is 4.49. The Hall–Kier alpha value is -1.76. The molecule has 0 bridgehead atoms. The number of hydrogen-bond acceptors (Lipinski definition) is 3. The number of aliphatic hydroxyl groups excluding tert-OH is 1. The lowest BCUT2D eigenvalue weighted by Gasteiger charge is -2.10. The monoisotopic (exact) mass is 259 g/mol. The molecular formula is C11H12F3N3O. The molecule has 3 N–H and O–H groups in total. The summed E-state index contributed by atoms with van der Waals surface area (Å²) in [6, 6.07) is 4.43.